The van der Waals surface area contributed by atoms with Crippen molar-refractivity contribution in [2.45, 2.75) is 6.54 Å². The molecule has 0 aliphatic heterocycles. The molecule has 3 N–H and O–H groups in total. The Morgan fingerprint density at radius 2 is 2.20 bits per heavy atom. The number of hydrogen-bond donors (Lipinski definition) is 2. The third-order valence-electron chi connectivity index (χ3n) is 2.15. The van der Waals surface area contributed by atoms with Gasteiger partial charge in [-0.25, -0.2) is 9.78 Å². The average molecular weight is 201 g/mol. The van der Waals surface area contributed by atoms with E-state index < -0.39 is 0 Å². The minimum atomic E-state index is -0.342. The highest BCUT2D eigenvalue weighted by molar-refractivity contribution is 5.59. The van der Waals surface area contributed by atoms with Crippen LogP contribution in [0.1, 0.15) is 5.56 Å². The van der Waals surface area contributed by atoms with Gasteiger partial charge >= 0.3 is 5.69 Å². The molecule has 2 aromatic rings. The summed E-state index contributed by atoms with van der Waals surface area (Å²) in [7, 11) is 0. The number of hydrogen-bond acceptors (Lipinski definition) is 3. The normalized spacial score (nSPS) is 10.2. The van der Waals surface area contributed by atoms with Crippen molar-refractivity contribution in [3.8, 4) is 11.3 Å². The summed E-state index contributed by atoms with van der Waals surface area (Å²) in [4.78, 5) is 17.3. The second-order valence-electron chi connectivity index (χ2n) is 3.19. The summed E-state index contributed by atoms with van der Waals surface area (Å²) in [6.07, 6.45) is 1.49. The van der Waals surface area contributed by atoms with Gasteiger partial charge in [0, 0.05) is 12.7 Å². The molecule has 0 bridgehead atoms. The molecule has 0 fully saturated rings. The molecule has 0 saturated heterocycles. The molecule has 0 unspecified atom stereocenters. The fraction of sp³-hybridized carbons (Fsp3) is 0.0909. The molecule has 0 spiro atoms. The Kier molecular flexibility index (Phi) is 2.60. The molecule has 0 aliphatic carbocycles. The maximum Gasteiger partial charge on any atom is 0.345 e. The third-order valence-corrected chi connectivity index (χ3v) is 2.15. The van der Waals surface area contributed by atoms with Gasteiger partial charge in [0.25, 0.3) is 0 Å². The zero-order valence-corrected chi connectivity index (χ0v) is 8.10. The molecule has 15 heavy (non-hydrogen) atoms. The van der Waals surface area contributed by atoms with Gasteiger partial charge in [0.15, 0.2) is 0 Å². The van der Waals surface area contributed by atoms with E-state index in [1.165, 1.54) is 6.20 Å². The Bertz CT molecular complexity index is 519. The van der Waals surface area contributed by atoms with Gasteiger partial charge in [-0.3, -0.25) is 0 Å². The fourth-order valence-electron chi connectivity index (χ4n) is 1.40. The van der Waals surface area contributed by atoms with Gasteiger partial charge in [0.05, 0.1) is 5.69 Å². The first kappa shape index (κ1) is 9.61. The predicted molar refractivity (Wildman–Crippen MR) is 58.2 cm³/mol. The lowest BCUT2D eigenvalue weighted by atomic mass is 10.1. The van der Waals surface area contributed by atoms with Gasteiger partial charge in [-0.15, -0.1) is 0 Å². The van der Waals surface area contributed by atoms with Gasteiger partial charge in [0.2, 0.25) is 0 Å². The Morgan fingerprint density at radius 1 is 1.33 bits per heavy atom. The molecule has 0 atom stereocenters. The maximum atomic E-state index is 11.0. The van der Waals surface area contributed by atoms with E-state index in [1.54, 1.807) is 6.07 Å². The number of H-pyrrole nitrogens is 1. The van der Waals surface area contributed by atoms with Crippen molar-refractivity contribution in [1.29, 1.82) is 0 Å². The molecule has 0 aliphatic rings. The monoisotopic (exact) mass is 201 g/mol. The molecule has 1 aromatic heterocycles. The highest BCUT2D eigenvalue weighted by Gasteiger charge is 1.99. The number of benzene rings is 1. The van der Waals surface area contributed by atoms with Gasteiger partial charge < -0.3 is 10.7 Å². The lowest BCUT2D eigenvalue weighted by Crippen LogP contribution is -2.09. The average Bonchev–Trinajstić information content (AvgIpc) is 2.29. The molecule has 1 aromatic carbocycles. The molecule has 1 heterocycles. The zero-order chi connectivity index (χ0) is 10.7. The van der Waals surface area contributed by atoms with E-state index in [2.05, 4.69) is 9.97 Å². The Balaban J connectivity index is 2.49. The minimum Gasteiger partial charge on any atom is -0.326 e. The van der Waals surface area contributed by atoms with Gasteiger partial charge in [-0.1, -0.05) is 18.2 Å². The number of rotatable bonds is 2. The van der Waals surface area contributed by atoms with Gasteiger partial charge in [0.1, 0.15) is 0 Å². The van der Waals surface area contributed by atoms with Crippen LogP contribution in [0.25, 0.3) is 11.3 Å². The lowest BCUT2D eigenvalue weighted by molar-refractivity contribution is 1.06. The second-order valence-corrected chi connectivity index (χ2v) is 3.19. The van der Waals surface area contributed by atoms with E-state index in [-0.39, 0.29) is 5.69 Å². The summed E-state index contributed by atoms with van der Waals surface area (Å²) >= 11 is 0. The van der Waals surface area contributed by atoms with Crippen LogP contribution < -0.4 is 11.4 Å². The van der Waals surface area contributed by atoms with Gasteiger partial charge in [-0.05, 0) is 23.3 Å². The first-order chi connectivity index (χ1) is 7.29. The number of aromatic nitrogens is 2. The van der Waals surface area contributed by atoms with Crippen LogP contribution in [-0.2, 0) is 6.54 Å². The lowest BCUT2D eigenvalue weighted by Gasteiger charge is -2.02. The topological polar surface area (TPSA) is 71.8 Å². The number of aromatic amines is 1. The summed E-state index contributed by atoms with van der Waals surface area (Å²) in [5.41, 5.74) is 7.93. The van der Waals surface area contributed by atoms with Crippen LogP contribution in [0.15, 0.2) is 41.3 Å². The molecule has 76 valence electrons. The van der Waals surface area contributed by atoms with E-state index in [9.17, 15) is 4.79 Å². The summed E-state index contributed by atoms with van der Waals surface area (Å²) in [6.45, 7) is 0.489. The summed E-state index contributed by atoms with van der Waals surface area (Å²) in [6, 6.07) is 9.49. The van der Waals surface area contributed by atoms with Crippen LogP contribution >= 0.6 is 0 Å². The van der Waals surface area contributed by atoms with E-state index in [1.807, 2.05) is 24.3 Å². The maximum absolute atomic E-state index is 11.0. The predicted octanol–water partition coefficient (Wildman–Crippen LogP) is 0.896. The SMILES string of the molecule is NCc1cccc(-c2ccnc(=O)[nH]2)c1. The van der Waals surface area contributed by atoms with E-state index >= 15 is 0 Å². The summed E-state index contributed by atoms with van der Waals surface area (Å²) in [5.74, 6) is 0. The van der Waals surface area contributed by atoms with Crippen molar-refractivity contribution in [3.05, 3.63) is 52.6 Å². The highest BCUT2D eigenvalue weighted by atomic mass is 16.1. The molecule has 4 nitrogen and oxygen atoms in total. The van der Waals surface area contributed by atoms with E-state index in [4.69, 9.17) is 5.73 Å². The molecule has 0 amide bonds. The van der Waals surface area contributed by atoms with Crippen molar-refractivity contribution < 1.29 is 0 Å². The smallest absolute Gasteiger partial charge is 0.326 e. The van der Waals surface area contributed by atoms with Crippen molar-refractivity contribution in [3.63, 3.8) is 0 Å². The molecule has 4 heteroatoms. The number of nitrogens with zero attached hydrogens (tertiary/aromatic N) is 1. The molecular formula is C11H11N3O. The Morgan fingerprint density at radius 3 is 2.93 bits per heavy atom. The van der Waals surface area contributed by atoms with E-state index in [0.29, 0.717) is 6.54 Å². The van der Waals surface area contributed by atoms with Crippen molar-refractivity contribution in [2.75, 3.05) is 0 Å². The van der Waals surface area contributed by atoms with Crippen LogP contribution in [-0.4, -0.2) is 9.97 Å². The highest BCUT2D eigenvalue weighted by Crippen LogP contribution is 2.16. The third kappa shape index (κ3) is 2.11. The van der Waals surface area contributed by atoms with Crippen molar-refractivity contribution >= 4 is 0 Å². The Labute approximate surface area is 86.8 Å². The number of nitrogens with one attached hydrogen (secondary N) is 1. The summed E-state index contributed by atoms with van der Waals surface area (Å²) in [5, 5.41) is 0. The second kappa shape index (κ2) is 4.06. The van der Waals surface area contributed by atoms with Crippen LogP contribution in [0.5, 0.6) is 0 Å². The van der Waals surface area contributed by atoms with E-state index in [0.717, 1.165) is 16.8 Å². The molecule has 0 saturated carbocycles. The molecule has 0 radical (unpaired) electrons. The molecular weight excluding hydrogens is 190 g/mol. The molecule has 2 rings (SSSR count). The zero-order valence-electron chi connectivity index (χ0n) is 8.10. The Hall–Kier alpha value is -1.94. The van der Waals surface area contributed by atoms with Crippen molar-refractivity contribution in [1.82, 2.24) is 9.97 Å². The largest absolute Gasteiger partial charge is 0.345 e. The van der Waals surface area contributed by atoms with Gasteiger partial charge in [-0.2, -0.15) is 0 Å². The van der Waals surface area contributed by atoms with Crippen LogP contribution in [0, 0.1) is 0 Å². The van der Waals surface area contributed by atoms with Crippen LogP contribution in [0.4, 0.5) is 0 Å². The number of nitrogens with two attached hydrogens (primary N) is 1. The minimum absolute atomic E-state index is 0.342. The van der Waals surface area contributed by atoms with Crippen molar-refractivity contribution in [2.24, 2.45) is 5.73 Å². The first-order valence-corrected chi connectivity index (χ1v) is 4.64. The quantitative estimate of drug-likeness (QED) is 0.758. The standard InChI is InChI=1S/C11H11N3O/c12-7-8-2-1-3-9(6-8)10-4-5-13-11(15)14-10/h1-6H,7,12H2,(H,13,14,15). The summed E-state index contributed by atoms with van der Waals surface area (Å²) < 4.78 is 0. The van der Waals surface area contributed by atoms with Crippen LogP contribution in [0.2, 0.25) is 0 Å². The fourth-order valence-corrected chi connectivity index (χ4v) is 1.40. The van der Waals surface area contributed by atoms with Crippen LogP contribution in [0.3, 0.4) is 0 Å². The first-order valence-electron chi connectivity index (χ1n) is 4.64.